The molecule has 0 saturated heterocycles. The first-order valence-electron chi connectivity index (χ1n) is 7.34. The molecule has 3 rings (SSSR count). The smallest absolute Gasteiger partial charge is 0.330 e. The average molecular weight is 259 g/mol. The molecule has 3 aliphatic rings. The van der Waals surface area contributed by atoms with E-state index in [1.54, 1.807) is 0 Å². The molecule has 3 nitrogen and oxygen atoms in total. The van der Waals surface area contributed by atoms with Gasteiger partial charge in [-0.2, -0.15) is 0 Å². The van der Waals surface area contributed by atoms with Crippen molar-refractivity contribution in [3.05, 3.63) is 24.1 Å². The van der Waals surface area contributed by atoms with Crippen molar-refractivity contribution in [3.63, 3.8) is 0 Å². The fourth-order valence-corrected chi connectivity index (χ4v) is 4.98. The van der Waals surface area contributed by atoms with Gasteiger partial charge in [-0.15, -0.1) is 0 Å². The Morgan fingerprint density at radius 3 is 2.79 bits per heavy atom. The van der Waals surface area contributed by atoms with Crippen molar-refractivity contribution < 1.29 is 9.53 Å². The van der Waals surface area contributed by atoms with Gasteiger partial charge in [0.25, 0.3) is 0 Å². The molecule has 0 aromatic heterocycles. The van der Waals surface area contributed by atoms with Gasteiger partial charge in [0.15, 0.2) is 0 Å². The van der Waals surface area contributed by atoms with E-state index in [1.807, 2.05) is 0 Å². The fraction of sp³-hybridized carbons (Fsp3) is 0.750. The van der Waals surface area contributed by atoms with Crippen LogP contribution >= 0.6 is 0 Å². The normalized spacial score (nSPS) is 46.6. The molecular weight excluding hydrogens is 238 g/mol. The molecule has 19 heavy (non-hydrogen) atoms. The molecule has 6 atom stereocenters. The van der Waals surface area contributed by atoms with Gasteiger partial charge in [0.2, 0.25) is 6.04 Å². The first-order valence-corrected chi connectivity index (χ1v) is 7.34. The zero-order valence-electron chi connectivity index (χ0n) is 11.5. The SMILES string of the molecule is [C-]#[N+]C1CC2CC1C1CC(CC)(OC(=O)C=C)CC21. The summed E-state index contributed by atoms with van der Waals surface area (Å²) in [6, 6.07) is 0.231. The van der Waals surface area contributed by atoms with Crippen molar-refractivity contribution in [2.75, 3.05) is 0 Å². The molecule has 0 spiro atoms. The van der Waals surface area contributed by atoms with Crippen LogP contribution in [-0.4, -0.2) is 17.6 Å². The summed E-state index contributed by atoms with van der Waals surface area (Å²) in [7, 11) is 0. The van der Waals surface area contributed by atoms with E-state index in [0.717, 1.165) is 25.7 Å². The standard InChI is InChI=1S/C16H21NO2/c1-4-15(18)19-16(5-2)8-12-10-6-11(13(12)9-16)14(7-10)17-3/h4,10-14H,1,5-9H2,2H3. The number of ether oxygens (including phenoxy) is 1. The fourth-order valence-electron chi connectivity index (χ4n) is 4.98. The maximum absolute atomic E-state index is 11.6. The maximum Gasteiger partial charge on any atom is 0.330 e. The number of nitrogens with zero attached hydrogens (tertiary/aromatic N) is 1. The quantitative estimate of drug-likeness (QED) is 0.442. The zero-order valence-corrected chi connectivity index (χ0v) is 11.5. The molecule has 2 bridgehead atoms. The van der Waals surface area contributed by atoms with E-state index in [2.05, 4.69) is 18.3 Å². The van der Waals surface area contributed by atoms with Crippen LogP contribution in [-0.2, 0) is 9.53 Å². The highest BCUT2D eigenvalue weighted by Crippen LogP contribution is 2.62. The molecule has 0 N–H and O–H groups in total. The van der Waals surface area contributed by atoms with Gasteiger partial charge in [0, 0.05) is 18.4 Å². The minimum absolute atomic E-state index is 0.231. The predicted octanol–water partition coefficient (Wildman–Crippen LogP) is 3.22. The Balaban J connectivity index is 1.78. The van der Waals surface area contributed by atoms with Gasteiger partial charge in [0.1, 0.15) is 5.60 Å². The Labute approximate surface area is 114 Å². The number of carbonyl (C=O) groups is 1. The van der Waals surface area contributed by atoms with E-state index in [0.29, 0.717) is 23.7 Å². The third-order valence-corrected chi connectivity index (χ3v) is 5.83. The molecule has 0 aromatic carbocycles. The molecular formula is C16H21NO2. The lowest BCUT2D eigenvalue weighted by molar-refractivity contribution is -0.154. The van der Waals surface area contributed by atoms with Crippen LogP contribution < -0.4 is 0 Å². The van der Waals surface area contributed by atoms with Crippen LogP contribution in [0.25, 0.3) is 4.85 Å². The summed E-state index contributed by atoms with van der Waals surface area (Å²) in [6.45, 7) is 12.9. The van der Waals surface area contributed by atoms with Crippen LogP contribution in [0.4, 0.5) is 0 Å². The van der Waals surface area contributed by atoms with Crippen molar-refractivity contribution >= 4 is 5.97 Å². The molecule has 0 aliphatic heterocycles. The molecule has 3 saturated carbocycles. The van der Waals surface area contributed by atoms with Crippen molar-refractivity contribution in [2.24, 2.45) is 23.7 Å². The van der Waals surface area contributed by atoms with Crippen LogP contribution in [0.15, 0.2) is 12.7 Å². The second-order valence-electron chi connectivity index (χ2n) is 6.49. The number of carbonyl (C=O) groups excluding carboxylic acids is 1. The zero-order chi connectivity index (χ0) is 13.6. The van der Waals surface area contributed by atoms with Crippen molar-refractivity contribution in [1.82, 2.24) is 0 Å². The number of esters is 1. The van der Waals surface area contributed by atoms with E-state index in [4.69, 9.17) is 11.3 Å². The van der Waals surface area contributed by atoms with E-state index in [-0.39, 0.29) is 17.6 Å². The van der Waals surface area contributed by atoms with Gasteiger partial charge in [-0.1, -0.05) is 13.5 Å². The van der Waals surface area contributed by atoms with Crippen LogP contribution in [0.1, 0.15) is 39.0 Å². The topological polar surface area (TPSA) is 30.7 Å². The lowest BCUT2D eigenvalue weighted by Crippen LogP contribution is -2.32. The molecule has 0 aromatic rings. The molecule has 3 heteroatoms. The third kappa shape index (κ3) is 1.81. The van der Waals surface area contributed by atoms with Crippen LogP contribution in [0.3, 0.4) is 0 Å². The summed E-state index contributed by atoms with van der Waals surface area (Å²) in [4.78, 5) is 15.4. The Morgan fingerprint density at radius 2 is 2.16 bits per heavy atom. The van der Waals surface area contributed by atoms with Gasteiger partial charge in [0.05, 0.1) is 0 Å². The van der Waals surface area contributed by atoms with Gasteiger partial charge in [-0.25, -0.2) is 11.4 Å². The van der Waals surface area contributed by atoms with Crippen molar-refractivity contribution in [3.8, 4) is 0 Å². The molecule has 0 radical (unpaired) electrons. The molecule has 3 aliphatic carbocycles. The van der Waals surface area contributed by atoms with Crippen LogP contribution in [0, 0.1) is 30.2 Å². The van der Waals surface area contributed by atoms with E-state index < -0.39 is 0 Å². The molecule has 6 unspecified atom stereocenters. The number of hydrogen-bond acceptors (Lipinski definition) is 2. The number of fused-ring (bicyclic) bond motifs is 5. The Kier molecular flexibility index (Phi) is 2.92. The molecule has 102 valence electrons. The minimum atomic E-state index is -0.295. The van der Waals surface area contributed by atoms with Crippen LogP contribution in [0.5, 0.6) is 0 Å². The summed E-state index contributed by atoms with van der Waals surface area (Å²) >= 11 is 0. The summed E-state index contributed by atoms with van der Waals surface area (Å²) in [5, 5.41) is 0. The first kappa shape index (κ1) is 12.7. The van der Waals surface area contributed by atoms with Crippen LogP contribution in [0.2, 0.25) is 0 Å². The minimum Gasteiger partial charge on any atom is -0.456 e. The second-order valence-corrected chi connectivity index (χ2v) is 6.49. The first-order chi connectivity index (χ1) is 9.12. The predicted molar refractivity (Wildman–Crippen MR) is 72.1 cm³/mol. The van der Waals surface area contributed by atoms with Gasteiger partial charge < -0.3 is 9.58 Å². The highest BCUT2D eigenvalue weighted by Gasteiger charge is 2.62. The van der Waals surface area contributed by atoms with Gasteiger partial charge in [-0.05, 0) is 43.4 Å². The average Bonchev–Trinajstić information content (AvgIpc) is 3.07. The maximum atomic E-state index is 11.6. The second kappa shape index (κ2) is 4.37. The summed E-state index contributed by atoms with van der Waals surface area (Å²) in [5.41, 5.74) is -0.283. The van der Waals surface area contributed by atoms with E-state index in [1.165, 1.54) is 12.5 Å². The van der Waals surface area contributed by atoms with Crippen molar-refractivity contribution in [1.29, 1.82) is 0 Å². The molecule has 0 heterocycles. The highest BCUT2D eigenvalue weighted by atomic mass is 16.6. The highest BCUT2D eigenvalue weighted by molar-refractivity contribution is 5.81. The summed E-state index contributed by atoms with van der Waals surface area (Å²) in [6.07, 6.45) is 6.41. The van der Waals surface area contributed by atoms with Crippen molar-refractivity contribution in [2.45, 2.75) is 50.7 Å². The number of hydrogen-bond donors (Lipinski definition) is 0. The summed E-state index contributed by atoms with van der Waals surface area (Å²) in [5.74, 6) is 2.25. The molecule has 0 amide bonds. The van der Waals surface area contributed by atoms with Gasteiger partial charge >= 0.3 is 5.97 Å². The third-order valence-electron chi connectivity index (χ3n) is 5.83. The monoisotopic (exact) mass is 259 g/mol. The summed E-state index contributed by atoms with van der Waals surface area (Å²) < 4.78 is 5.69. The van der Waals surface area contributed by atoms with Gasteiger partial charge in [-0.3, -0.25) is 0 Å². The number of rotatable bonds is 3. The van der Waals surface area contributed by atoms with E-state index >= 15 is 0 Å². The molecule has 3 fully saturated rings. The lowest BCUT2D eigenvalue weighted by atomic mass is 9.79. The largest absolute Gasteiger partial charge is 0.456 e. The van der Waals surface area contributed by atoms with E-state index in [9.17, 15) is 4.79 Å². The Morgan fingerprint density at radius 1 is 1.42 bits per heavy atom. The lowest BCUT2D eigenvalue weighted by Gasteiger charge is -2.29. The Bertz CT molecular complexity index is 452. The Hall–Kier alpha value is -1.30.